The van der Waals surface area contributed by atoms with Crippen LogP contribution in [0.1, 0.15) is 54.0 Å². The molecular formula is C20H27Cl2N5O6. The normalized spacial score (nSPS) is 23.6. The summed E-state index contributed by atoms with van der Waals surface area (Å²) in [5.41, 5.74) is -1.34. The topological polar surface area (TPSA) is 140 Å². The molecule has 1 unspecified atom stereocenters. The first-order valence-electron chi connectivity index (χ1n) is 10.3. The molecule has 2 aromatic heterocycles. The highest BCUT2D eigenvalue weighted by atomic mass is 35.5. The molecule has 2 aromatic rings. The molecule has 2 N–H and O–H groups in total. The number of fused-ring (bicyclic) bond motifs is 1. The van der Waals surface area contributed by atoms with Crippen LogP contribution < -0.4 is 0 Å². The first-order chi connectivity index (χ1) is 15.1. The average Bonchev–Trinajstić information content (AvgIpc) is 3.15. The SMILES string of the molecule is CC(C)(C)OC(=O)N(C(=O)OC(C)(C)C)[C@H]1C[C@@H](n2cnc3c(Cl)nc(Cl)nc32)[C@H](O)C1O. The van der Waals surface area contributed by atoms with Crippen LogP contribution in [0, 0.1) is 0 Å². The number of hydrogen-bond donors (Lipinski definition) is 2. The Kier molecular flexibility index (Phi) is 6.82. The van der Waals surface area contributed by atoms with Crippen molar-refractivity contribution in [3.05, 3.63) is 16.8 Å². The van der Waals surface area contributed by atoms with Gasteiger partial charge in [0, 0.05) is 0 Å². The van der Waals surface area contributed by atoms with Crippen molar-refractivity contribution in [2.45, 2.75) is 83.5 Å². The van der Waals surface area contributed by atoms with Gasteiger partial charge in [-0.2, -0.15) is 4.98 Å². The summed E-state index contributed by atoms with van der Waals surface area (Å²) in [7, 11) is 0. The zero-order valence-corrected chi connectivity index (χ0v) is 20.6. The fourth-order valence-electron chi connectivity index (χ4n) is 3.59. The summed E-state index contributed by atoms with van der Waals surface area (Å²) in [6, 6.07) is -1.97. The molecule has 0 aliphatic heterocycles. The lowest BCUT2D eigenvalue weighted by Crippen LogP contribution is -2.52. The summed E-state index contributed by atoms with van der Waals surface area (Å²) in [6.07, 6.45) is -3.55. The number of hydrogen-bond acceptors (Lipinski definition) is 9. The molecule has 11 nitrogen and oxygen atoms in total. The van der Waals surface area contributed by atoms with E-state index in [1.165, 1.54) is 10.9 Å². The molecule has 3 rings (SSSR count). The number of carbonyl (C=O) groups is 2. The predicted octanol–water partition coefficient (Wildman–Crippen LogP) is 3.34. The number of carbonyl (C=O) groups excluding carboxylic acids is 2. The fraction of sp³-hybridized carbons (Fsp3) is 0.650. The van der Waals surface area contributed by atoms with E-state index in [0.717, 1.165) is 0 Å². The lowest BCUT2D eigenvalue weighted by Gasteiger charge is -2.33. The Morgan fingerprint density at radius 1 is 1.03 bits per heavy atom. The smallest absolute Gasteiger partial charge is 0.420 e. The largest absolute Gasteiger partial charge is 0.443 e. The van der Waals surface area contributed by atoms with Gasteiger partial charge in [-0.25, -0.2) is 24.5 Å². The van der Waals surface area contributed by atoms with Gasteiger partial charge in [0.1, 0.15) is 28.9 Å². The third kappa shape index (κ3) is 5.48. The molecule has 0 saturated heterocycles. The van der Waals surface area contributed by atoms with Crippen molar-refractivity contribution in [2.75, 3.05) is 0 Å². The van der Waals surface area contributed by atoms with Crippen LogP contribution in [0.2, 0.25) is 10.4 Å². The minimum Gasteiger partial charge on any atom is -0.443 e. The Morgan fingerprint density at radius 2 is 1.58 bits per heavy atom. The van der Waals surface area contributed by atoms with E-state index in [9.17, 15) is 19.8 Å². The number of amides is 2. The molecule has 13 heteroatoms. The molecule has 0 aromatic carbocycles. The molecule has 33 heavy (non-hydrogen) atoms. The van der Waals surface area contributed by atoms with E-state index in [0.29, 0.717) is 4.90 Å². The van der Waals surface area contributed by atoms with Gasteiger partial charge in [-0.05, 0) is 59.6 Å². The van der Waals surface area contributed by atoms with E-state index in [4.69, 9.17) is 32.7 Å². The first kappa shape index (κ1) is 25.4. The molecule has 1 aliphatic rings. The van der Waals surface area contributed by atoms with Gasteiger partial charge in [0.2, 0.25) is 5.28 Å². The molecule has 4 atom stereocenters. The van der Waals surface area contributed by atoms with Crippen molar-refractivity contribution in [3.8, 4) is 0 Å². The minimum atomic E-state index is -1.50. The number of aliphatic hydroxyl groups is 2. The number of imidazole rings is 1. The van der Waals surface area contributed by atoms with E-state index in [2.05, 4.69) is 15.0 Å². The van der Waals surface area contributed by atoms with Crippen LogP contribution >= 0.6 is 23.2 Å². The van der Waals surface area contributed by atoms with E-state index >= 15 is 0 Å². The minimum absolute atomic E-state index is 0.0254. The molecule has 182 valence electrons. The van der Waals surface area contributed by atoms with Crippen LogP contribution in [0.25, 0.3) is 11.2 Å². The highest BCUT2D eigenvalue weighted by Crippen LogP contribution is 2.37. The number of nitrogens with zero attached hydrogens (tertiary/aromatic N) is 5. The van der Waals surface area contributed by atoms with Crippen LogP contribution in [0.5, 0.6) is 0 Å². The van der Waals surface area contributed by atoms with Crippen LogP contribution in [0.15, 0.2) is 6.33 Å². The first-order valence-corrected chi connectivity index (χ1v) is 11.0. The summed E-state index contributed by atoms with van der Waals surface area (Å²) < 4.78 is 12.2. The Bertz CT molecular complexity index is 1040. The van der Waals surface area contributed by atoms with Gasteiger partial charge in [0.05, 0.1) is 18.4 Å². The third-order valence-corrected chi connectivity index (χ3v) is 5.27. The molecule has 1 saturated carbocycles. The van der Waals surface area contributed by atoms with E-state index in [1.807, 2.05) is 0 Å². The van der Waals surface area contributed by atoms with Gasteiger partial charge in [-0.15, -0.1) is 0 Å². The van der Waals surface area contributed by atoms with Gasteiger partial charge in [-0.1, -0.05) is 11.6 Å². The summed E-state index contributed by atoms with van der Waals surface area (Å²) in [6.45, 7) is 9.87. The van der Waals surface area contributed by atoms with E-state index < -0.39 is 47.7 Å². The number of imide groups is 1. The van der Waals surface area contributed by atoms with Gasteiger partial charge in [0.25, 0.3) is 0 Å². The highest BCUT2D eigenvalue weighted by Gasteiger charge is 2.50. The van der Waals surface area contributed by atoms with Crippen molar-refractivity contribution in [3.63, 3.8) is 0 Å². The summed E-state index contributed by atoms with van der Waals surface area (Å²) >= 11 is 12.0. The predicted molar refractivity (Wildman–Crippen MR) is 119 cm³/mol. The Hall–Kier alpha value is -2.21. The lowest BCUT2D eigenvalue weighted by molar-refractivity contribution is -0.0349. The van der Waals surface area contributed by atoms with E-state index in [-0.39, 0.29) is 28.0 Å². The van der Waals surface area contributed by atoms with Crippen molar-refractivity contribution in [2.24, 2.45) is 0 Å². The number of ether oxygens (including phenoxy) is 2. The van der Waals surface area contributed by atoms with Crippen LogP contribution in [0.3, 0.4) is 0 Å². The van der Waals surface area contributed by atoms with Crippen molar-refractivity contribution in [1.82, 2.24) is 24.4 Å². The standard InChI is InChI=1S/C20H27Cl2N5O6/c1-19(2,3)32-17(30)27(18(31)33-20(4,5)6)10-7-9(12(28)13(10)29)26-8-23-11-14(21)24-16(22)25-15(11)26/h8-10,12-13,28-29H,7H2,1-6H3/t9-,10+,12+,13?/m1/s1. The maximum absolute atomic E-state index is 13.0. The second-order valence-electron chi connectivity index (χ2n) is 9.79. The molecule has 2 heterocycles. The van der Waals surface area contributed by atoms with Crippen molar-refractivity contribution < 1.29 is 29.3 Å². The Morgan fingerprint density at radius 3 is 2.09 bits per heavy atom. The number of halogens is 2. The van der Waals surface area contributed by atoms with Crippen LogP contribution in [-0.2, 0) is 9.47 Å². The molecule has 0 spiro atoms. The van der Waals surface area contributed by atoms with Gasteiger partial charge >= 0.3 is 12.2 Å². The summed E-state index contributed by atoms with van der Waals surface area (Å²) in [5.74, 6) is 0. The molecule has 1 aliphatic carbocycles. The quantitative estimate of drug-likeness (QED) is 0.466. The van der Waals surface area contributed by atoms with Gasteiger partial charge in [-0.3, -0.25) is 0 Å². The van der Waals surface area contributed by atoms with Crippen molar-refractivity contribution >= 4 is 46.6 Å². The molecule has 0 bridgehead atoms. The fourth-order valence-corrected chi connectivity index (χ4v) is 4.01. The summed E-state index contributed by atoms with van der Waals surface area (Å²) in [5, 5.41) is 21.6. The molecule has 0 radical (unpaired) electrons. The monoisotopic (exact) mass is 503 g/mol. The second kappa shape index (κ2) is 8.86. The number of aliphatic hydroxyl groups excluding tert-OH is 2. The highest BCUT2D eigenvalue weighted by molar-refractivity contribution is 6.35. The Balaban J connectivity index is 1.99. The van der Waals surface area contributed by atoms with Crippen LogP contribution in [-0.4, -0.2) is 76.3 Å². The maximum atomic E-state index is 13.0. The third-order valence-electron chi connectivity index (χ3n) is 4.84. The average molecular weight is 504 g/mol. The Labute approximate surface area is 200 Å². The van der Waals surface area contributed by atoms with Gasteiger partial charge < -0.3 is 24.3 Å². The lowest BCUT2D eigenvalue weighted by atomic mass is 10.1. The number of aromatic nitrogens is 4. The van der Waals surface area contributed by atoms with Crippen LogP contribution in [0.4, 0.5) is 9.59 Å². The van der Waals surface area contributed by atoms with Gasteiger partial charge in [0.15, 0.2) is 10.8 Å². The molecule has 2 amide bonds. The second-order valence-corrected chi connectivity index (χ2v) is 10.5. The molecular weight excluding hydrogens is 477 g/mol. The zero-order valence-electron chi connectivity index (χ0n) is 19.1. The van der Waals surface area contributed by atoms with Crippen molar-refractivity contribution in [1.29, 1.82) is 0 Å². The number of rotatable bonds is 2. The van der Waals surface area contributed by atoms with E-state index in [1.54, 1.807) is 41.5 Å². The zero-order chi connectivity index (χ0) is 24.9. The summed E-state index contributed by atoms with van der Waals surface area (Å²) in [4.78, 5) is 38.7. The molecule has 1 fully saturated rings. The maximum Gasteiger partial charge on any atom is 0.420 e.